The quantitative estimate of drug-likeness (QED) is 0.529. The standard InChI is InChI=1S/C22H23N3O5S/c1-3-30-19(27)17-16(14-8-5-4-6-9-14)13(2)31-18(17)23-15(26)12-25-20(28)22(10-7-11-22)24-21(25)29/h4-6,8-9H,3,7,10-12H2,1-2H3,(H,23,26)(H,24,29). The number of carbonyl (C=O) groups is 4. The van der Waals surface area contributed by atoms with Gasteiger partial charge in [0.05, 0.1) is 6.61 Å². The number of imide groups is 1. The molecule has 0 atom stereocenters. The highest BCUT2D eigenvalue weighted by atomic mass is 32.1. The van der Waals surface area contributed by atoms with Crippen molar-refractivity contribution in [3.8, 4) is 11.1 Å². The molecule has 0 radical (unpaired) electrons. The maximum Gasteiger partial charge on any atom is 0.341 e. The first-order valence-electron chi connectivity index (χ1n) is 10.2. The van der Waals surface area contributed by atoms with Crippen LogP contribution in [0.15, 0.2) is 30.3 Å². The van der Waals surface area contributed by atoms with E-state index in [1.54, 1.807) is 6.92 Å². The average molecular weight is 442 g/mol. The second kappa shape index (κ2) is 8.14. The first-order chi connectivity index (χ1) is 14.9. The summed E-state index contributed by atoms with van der Waals surface area (Å²) in [4.78, 5) is 52.1. The fourth-order valence-electron chi connectivity index (χ4n) is 3.98. The molecule has 4 amide bonds. The van der Waals surface area contributed by atoms with Crippen LogP contribution < -0.4 is 10.6 Å². The van der Waals surface area contributed by atoms with Crippen LogP contribution in [0, 0.1) is 6.92 Å². The smallest absolute Gasteiger partial charge is 0.341 e. The monoisotopic (exact) mass is 441 g/mol. The van der Waals surface area contributed by atoms with Crippen LogP contribution in [0.5, 0.6) is 0 Å². The number of benzene rings is 1. The van der Waals surface area contributed by atoms with Gasteiger partial charge < -0.3 is 15.4 Å². The number of rotatable bonds is 6. The lowest BCUT2D eigenvalue weighted by Gasteiger charge is -2.34. The number of anilines is 1. The number of aryl methyl sites for hydroxylation is 1. The van der Waals surface area contributed by atoms with E-state index in [0.29, 0.717) is 23.4 Å². The van der Waals surface area contributed by atoms with E-state index in [-0.39, 0.29) is 18.1 Å². The fourth-order valence-corrected chi connectivity index (χ4v) is 5.06. The summed E-state index contributed by atoms with van der Waals surface area (Å²) >= 11 is 1.26. The zero-order chi connectivity index (χ0) is 22.2. The summed E-state index contributed by atoms with van der Waals surface area (Å²) < 4.78 is 5.23. The van der Waals surface area contributed by atoms with E-state index in [1.807, 2.05) is 37.3 Å². The molecule has 2 aliphatic rings. The predicted molar refractivity (Wildman–Crippen MR) is 116 cm³/mol. The normalized spacial score (nSPS) is 16.8. The Morgan fingerprint density at radius 1 is 1.23 bits per heavy atom. The van der Waals surface area contributed by atoms with E-state index in [4.69, 9.17) is 4.74 Å². The Balaban J connectivity index is 1.59. The van der Waals surface area contributed by atoms with Crippen molar-refractivity contribution in [2.45, 2.75) is 38.6 Å². The molecule has 9 heteroatoms. The van der Waals surface area contributed by atoms with Crippen LogP contribution in [0.2, 0.25) is 0 Å². The van der Waals surface area contributed by atoms with Crippen molar-refractivity contribution in [2.24, 2.45) is 0 Å². The van der Waals surface area contributed by atoms with E-state index in [2.05, 4.69) is 10.6 Å². The Morgan fingerprint density at radius 3 is 2.52 bits per heavy atom. The molecule has 31 heavy (non-hydrogen) atoms. The molecule has 0 unspecified atom stereocenters. The molecule has 2 heterocycles. The molecule has 1 aromatic carbocycles. The van der Waals surface area contributed by atoms with Crippen molar-refractivity contribution in [1.82, 2.24) is 10.2 Å². The number of thiophene rings is 1. The van der Waals surface area contributed by atoms with E-state index in [9.17, 15) is 19.2 Å². The van der Waals surface area contributed by atoms with Crippen LogP contribution in [-0.2, 0) is 14.3 Å². The minimum Gasteiger partial charge on any atom is -0.462 e. The third-order valence-electron chi connectivity index (χ3n) is 5.63. The molecule has 1 spiro atoms. The van der Waals surface area contributed by atoms with E-state index in [0.717, 1.165) is 21.8 Å². The lowest BCUT2D eigenvalue weighted by atomic mass is 9.77. The molecule has 4 rings (SSSR count). The van der Waals surface area contributed by atoms with Crippen LogP contribution in [-0.4, -0.2) is 47.4 Å². The zero-order valence-electron chi connectivity index (χ0n) is 17.3. The van der Waals surface area contributed by atoms with Crippen molar-refractivity contribution < 1.29 is 23.9 Å². The molecule has 2 fully saturated rings. The highest BCUT2D eigenvalue weighted by Gasteiger charge is 2.55. The topological polar surface area (TPSA) is 105 Å². The Bertz CT molecular complexity index is 1060. The fraction of sp³-hybridized carbons (Fsp3) is 0.364. The molecule has 162 valence electrons. The molecule has 1 aromatic heterocycles. The summed E-state index contributed by atoms with van der Waals surface area (Å²) in [5.41, 5.74) is 0.966. The molecule has 1 saturated carbocycles. The van der Waals surface area contributed by atoms with Gasteiger partial charge in [0.2, 0.25) is 5.91 Å². The van der Waals surface area contributed by atoms with Gasteiger partial charge in [0.1, 0.15) is 22.6 Å². The number of hydrogen-bond acceptors (Lipinski definition) is 6. The van der Waals surface area contributed by atoms with Crippen LogP contribution in [0.1, 0.15) is 41.4 Å². The molecule has 2 aromatic rings. The van der Waals surface area contributed by atoms with Crippen LogP contribution in [0.4, 0.5) is 9.80 Å². The van der Waals surface area contributed by atoms with Crippen molar-refractivity contribution in [2.75, 3.05) is 18.5 Å². The maximum atomic E-state index is 12.7. The molecule has 0 bridgehead atoms. The first kappa shape index (κ1) is 21.0. The molecule has 1 saturated heterocycles. The van der Waals surface area contributed by atoms with Gasteiger partial charge in [-0.15, -0.1) is 11.3 Å². The number of amides is 4. The molecular formula is C22H23N3O5S. The summed E-state index contributed by atoms with van der Waals surface area (Å²) in [5, 5.41) is 5.76. The third kappa shape index (κ3) is 3.69. The lowest BCUT2D eigenvalue weighted by molar-refractivity contribution is -0.136. The molecular weight excluding hydrogens is 418 g/mol. The maximum absolute atomic E-state index is 12.7. The molecule has 2 N–H and O–H groups in total. The van der Waals surface area contributed by atoms with Gasteiger partial charge in [-0.05, 0) is 38.7 Å². The van der Waals surface area contributed by atoms with Crippen LogP contribution >= 0.6 is 11.3 Å². The number of urea groups is 1. The SMILES string of the molecule is CCOC(=O)c1c(NC(=O)CN2C(=O)NC3(CCC3)C2=O)sc(C)c1-c1ccccc1. The van der Waals surface area contributed by atoms with Gasteiger partial charge in [0.25, 0.3) is 5.91 Å². The van der Waals surface area contributed by atoms with Gasteiger partial charge in [0.15, 0.2) is 0 Å². The lowest BCUT2D eigenvalue weighted by Crippen LogP contribution is -2.52. The molecule has 1 aliphatic carbocycles. The zero-order valence-corrected chi connectivity index (χ0v) is 18.1. The number of ether oxygens (including phenoxy) is 1. The highest BCUT2D eigenvalue weighted by Crippen LogP contribution is 2.41. The van der Waals surface area contributed by atoms with E-state index >= 15 is 0 Å². The van der Waals surface area contributed by atoms with Crippen LogP contribution in [0.3, 0.4) is 0 Å². The van der Waals surface area contributed by atoms with Gasteiger partial charge in [-0.2, -0.15) is 0 Å². The Kier molecular flexibility index (Phi) is 5.53. The number of nitrogens with one attached hydrogen (secondary N) is 2. The minimum absolute atomic E-state index is 0.194. The Hall–Kier alpha value is -3.20. The number of carbonyl (C=O) groups excluding carboxylic acids is 4. The van der Waals surface area contributed by atoms with Gasteiger partial charge >= 0.3 is 12.0 Å². The molecule has 1 aliphatic heterocycles. The van der Waals surface area contributed by atoms with E-state index < -0.39 is 30.0 Å². The number of nitrogens with zero attached hydrogens (tertiary/aromatic N) is 1. The third-order valence-corrected chi connectivity index (χ3v) is 6.65. The first-order valence-corrected chi connectivity index (χ1v) is 11.0. The average Bonchev–Trinajstić information content (AvgIpc) is 3.17. The summed E-state index contributed by atoms with van der Waals surface area (Å²) in [6.45, 7) is 3.36. The second-order valence-corrected chi connectivity index (χ2v) is 8.85. The van der Waals surface area contributed by atoms with Crippen molar-refractivity contribution in [1.29, 1.82) is 0 Å². The van der Waals surface area contributed by atoms with Crippen LogP contribution in [0.25, 0.3) is 11.1 Å². The Morgan fingerprint density at radius 2 is 1.94 bits per heavy atom. The highest BCUT2D eigenvalue weighted by molar-refractivity contribution is 7.17. The van der Waals surface area contributed by atoms with Gasteiger partial charge in [0, 0.05) is 10.4 Å². The Labute approximate surface area is 183 Å². The second-order valence-electron chi connectivity index (χ2n) is 7.63. The largest absolute Gasteiger partial charge is 0.462 e. The van der Waals surface area contributed by atoms with Crippen molar-refractivity contribution in [3.05, 3.63) is 40.8 Å². The number of hydrogen-bond donors (Lipinski definition) is 2. The number of esters is 1. The summed E-state index contributed by atoms with van der Waals surface area (Å²) in [7, 11) is 0. The minimum atomic E-state index is -0.840. The summed E-state index contributed by atoms with van der Waals surface area (Å²) in [6, 6.07) is 8.83. The van der Waals surface area contributed by atoms with Gasteiger partial charge in [-0.25, -0.2) is 9.59 Å². The summed E-state index contributed by atoms with van der Waals surface area (Å²) in [5.74, 6) is -1.45. The van der Waals surface area contributed by atoms with Crippen molar-refractivity contribution in [3.63, 3.8) is 0 Å². The van der Waals surface area contributed by atoms with Gasteiger partial charge in [-0.3, -0.25) is 14.5 Å². The molecule has 8 nitrogen and oxygen atoms in total. The summed E-state index contributed by atoms with van der Waals surface area (Å²) in [6.07, 6.45) is 2.05. The predicted octanol–water partition coefficient (Wildman–Crippen LogP) is 3.31. The van der Waals surface area contributed by atoms with Gasteiger partial charge in [-0.1, -0.05) is 30.3 Å². The van der Waals surface area contributed by atoms with E-state index in [1.165, 1.54) is 11.3 Å². The van der Waals surface area contributed by atoms with Crippen molar-refractivity contribution >= 4 is 40.2 Å².